The Bertz CT molecular complexity index is 1190. The molecule has 10 heteroatoms. The van der Waals surface area contributed by atoms with E-state index in [2.05, 4.69) is 15.6 Å². The third kappa shape index (κ3) is 4.07. The normalized spacial score (nSPS) is 23.5. The fraction of sp³-hybridized carbons (Fsp3) is 0.435. The molecule has 1 atom stereocenters. The summed E-state index contributed by atoms with van der Waals surface area (Å²) in [6.07, 6.45) is 4.66. The van der Waals surface area contributed by atoms with Crippen LogP contribution in [0.4, 0.5) is 10.1 Å². The highest BCUT2D eigenvalue weighted by atomic mass is 32.2. The largest absolute Gasteiger partial charge is 0.495 e. The number of ether oxygens (including phenoxy) is 1. The molecule has 8 nitrogen and oxygen atoms in total. The van der Waals surface area contributed by atoms with Gasteiger partial charge in [0, 0.05) is 11.3 Å². The molecule has 1 aromatic heterocycles. The molecule has 1 aromatic carbocycles. The number of carbonyl (C=O) groups excluding carboxylic acids is 1. The number of hydrogen-bond acceptors (Lipinski definition) is 6. The highest BCUT2D eigenvalue weighted by Crippen LogP contribution is 2.43. The maximum atomic E-state index is 14.9. The highest BCUT2D eigenvalue weighted by molar-refractivity contribution is 7.93. The van der Waals surface area contributed by atoms with Gasteiger partial charge < -0.3 is 15.4 Å². The van der Waals surface area contributed by atoms with E-state index >= 15 is 0 Å². The molecule has 1 aliphatic heterocycles. The lowest BCUT2D eigenvalue weighted by Crippen LogP contribution is -2.66. The summed E-state index contributed by atoms with van der Waals surface area (Å²) in [5, 5.41) is 14.3. The average molecular weight is 475 g/mol. The van der Waals surface area contributed by atoms with E-state index in [0.29, 0.717) is 24.3 Å². The van der Waals surface area contributed by atoms with Gasteiger partial charge in [0.15, 0.2) is 9.84 Å². The van der Waals surface area contributed by atoms with Crippen LogP contribution >= 0.6 is 0 Å². The van der Waals surface area contributed by atoms with Gasteiger partial charge >= 0.3 is 0 Å². The summed E-state index contributed by atoms with van der Waals surface area (Å²) in [5.41, 5.74) is -0.838. The number of amides is 1. The van der Waals surface area contributed by atoms with E-state index in [9.17, 15) is 17.6 Å². The Morgan fingerprint density at radius 3 is 2.55 bits per heavy atom. The quantitative estimate of drug-likeness (QED) is 0.625. The zero-order valence-corrected chi connectivity index (χ0v) is 19.4. The SMILES string of the molecule is COc1ccc(C(=O)Nc2ccc(F)c([C@]3(C)CS(=O)(=O)C4(CCCCC4)C(=N)N3)c2)nc1. The average Bonchev–Trinajstić information content (AvgIpc) is 2.79. The highest BCUT2D eigenvalue weighted by Gasteiger charge is 2.56. The Kier molecular flexibility index (Phi) is 5.90. The predicted octanol–water partition coefficient (Wildman–Crippen LogP) is 3.39. The molecule has 176 valence electrons. The first-order valence-electron chi connectivity index (χ1n) is 10.8. The van der Waals surface area contributed by atoms with Crippen LogP contribution in [0.5, 0.6) is 5.75 Å². The van der Waals surface area contributed by atoms with Gasteiger partial charge in [-0.3, -0.25) is 10.2 Å². The van der Waals surface area contributed by atoms with Gasteiger partial charge in [-0.1, -0.05) is 19.3 Å². The van der Waals surface area contributed by atoms with Crippen LogP contribution in [0.2, 0.25) is 0 Å². The lowest BCUT2D eigenvalue weighted by Gasteiger charge is -2.47. The number of amidine groups is 1. The third-order valence-corrected chi connectivity index (χ3v) is 9.38. The van der Waals surface area contributed by atoms with Gasteiger partial charge in [0.05, 0.1) is 24.6 Å². The van der Waals surface area contributed by atoms with Crippen molar-refractivity contribution in [2.75, 3.05) is 18.2 Å². The van der Waals surface area contributed by atoms with Crippen molar-refractivity contribution in [2.45, 2.75) is 49.3 Å². The second kappa shape index (κ2) is 8.40. The van der Waals surface area contributed by atoms with Crippen molar-refractivity contribution in [3.63, 3.8) is 0 Å². The van der Waals surface area contributed by atoms with Crippen molar-refractivity contribution in [3.8, 4) is 5.75 Å². The van der Waals surface area contributed by atoms with Crippen LogP contribution in [-0.2, 0) is 15.4 Å². The number of sulfone groups is 1. The number of hydrogen-bond donors (Lipinski definition) is 3. The van der Waals surface area contributed by atoms with Crippen molar-refractivity contribution in [3.05, 3.63) is 53.6 Å². The second-order valence-corrected chi connectivity index (χ2v) is 11.2. The number of aromatic nitrogens is 1. The summed E-state index contributed by atoms with van der Waals surface area (Å²) in [6.45, 7) is 1.57. The van der Waals surface area contributed by atoms with Crippen LogP contribution in [0.25, 0.3) is 0 Å². The molecule has 1 aliphatic carbocycles. The van der Waals surface area contributed by atoms with Gasteiger partial charge in [-0.25, -0.2) is 17.8 Å². The Balaban J connectivity index is 1.62. The Morgan fingerprint density at radius 1 is 1.21 bits per heavy atom. The number of rotatable bonds is 4. The number of carbonyl (C=O) groups is 1. The van der Waals surface area contributed by atoms with Crippen LogP contribution in [0, 0.1) is 11.2 Å². The van der Waals surface area contributed by atoms with Crippen LogP contribution < -0.4 is 15.4 Å². The van der Waals surface area contributed by atoms with Gasteiger partial charge in [0.1, 0.15) is 27.8 Å². The van der Waals surface area contributed by atoms with E-state index in [4.69, 9.17) is 10.1 Å². The fourth-order valence-corrected chi connectivity index (χ4v) is 7.32. The maximum Gasteiger partial charge on any atom is 0.274 e. The molecule has 2 aliphatic rings. The first kappa shape index (κ1) is 23.2. The molecule has 3 N–H and O–H groups in total. The molecule has 0 radical (unpaired) electrons. The monoisotopic (exact) mass is 474 g/mol. The fourth-order valence-electron chi connectivity index (χ4n) is 4.78. The number of benzene rings is 1. The number of anilines is 1. The lowest BCUT2D eigenvalue weighted by atomic mass is 9.84. The maximum absolute atomic E-state index is 14.9. The minimum absolute atomic E-state index is 0.0713. The lowest BCUT2D eigenvalue weighted by molar-refractivity contribution is 0.102. The number of nitrogens with one attached hydrogen (secondary N) is 3. The van der Waals surface area contributed by atoms with Gasteiger partial charge in [0.2, 0.25) is 0 Å². The molecule has 1 saturated heterocycles. The van der Waals surface area contributed by atoms with Crippen LogP contribution in [-0.4, -0.2) is 42.8 Å². The number of nitrogens with zero attached hydrogens (tertiary/aromatic N) is 1. The molecule has 4 rings (SSSR count). The predicted molar refractivity (Wildman–Crippen MR) is 123 cm³/mol. The first-order valence-corrected chi connectivity index (χ1v) is 12.5. The van der Waals surface area contributed by atoms with Gasteiger partial charge in [-0.2, -0.15) is 0 Å². The standard InChI is InChI=1S/C23H27FN4O4S/c1-22(14-33(30,31)23(21(25)28-22)10-4-3-5-11-23)17-12-15(6-8-18(17)24)27-20(29)19-9-7-16(32-2)13-26-19/h6-9,12-13H,3-5,10-11,14H2,1-2H3,(H2,25,28)(H,27,29)/t22-/m0/s1. The van der Waals surface area contributed by atoms with Crippen LogP contribution in [0.3, 0.4) is 0 Å². The molecule has 2 fully saturated rings. The molecule has 0 bridgehead atoms. The first-order chi connectivity index (χ1) is 15.6. The molecule has 1 amide bonds. The zero-order valence-electron chi connectivity index (χ0n) is 18.6. The van der Waals surface area contributed by atoms with Crippen molar-refractivity contribution in [2.24, 2.45) is 0 Å². The van der Waals surface area contributed by atoms with Gasteiger partial charge in [-0.15, -0.1) is 0 Å². The van der Waals surface area contributed by atoms with Crippen molar-refractivity contribution >= 4 is 27.3 Å². The topological polar surface area (TPSA) is 121 Å². The number of pyridine rings is 1. The molecular weight excluding hydrogens is 447 g/mol. The summed E-state index contributed by atoms with van der Waals surface area (Å²) in [6, 6.07) is 7.09. The summed E-state index contributed by atoms with van der Waals surface area (Å²) < 4.78 is 45.5. The van der Waals surface area contributed by atoms with Crippen LogP contribution in [0.15, 0.2) is 36.5 Å². The van der Waals surface area contributed by atoms with Crippen molar-refractivity contribution < 1.29 is 22.3 Å². The Labute approximate surface area is 192 Å². The van der Waals surface area contributed by atoms with E-state index in [1.807, 2.05) is 0 Å². The van der Waals surface area contributed by atoms with E-state index in [1.165, 1.54) is 37.6 Å². The van der Waals surface area contributed by atoms with Gasteiger partial charge in [0.25, 0.3) is 5.91 Å². The summed E-state index contributed by atoms with van der Waals surface area (Å²) in [7, 11) is -2.22. The molecule has 2 heterocycles. The smallest absolute Gasteiger partial charge is 0.274 e. The molecule has 0 unspecified atom stereocenters. The summed E-state index contributed by atoms with van der Waals surface area (Å²) in [5.74, 6) is -1.03. The van der Waals surface area contributed by atoms with Crippen LogP contribution in [0.1, 0.15) is 55.1 Å². The molecule has 1 spiro atoms. The molecular formula is C23H27FN4O4S. The number of halogens is 1. The van der Waals surface area contributed by atoms with Crippen molar-refractivity contribution in [1.29, 1.82) is 5.41 Å². The number of methoxy groups -OCH3 is 1. The zero-order chi connectivity index (χ0) is 23.9. The van der Waals surface area contributed by atoms with E-state index in [0.717, 1.165) is 19.3 Å². The minimum Gasteiger partial charge on any atom is -0.495 e. The Hall–Kier alpha value is -3.01. The summed E-state index contributed by atoms with van der Waals surface area (Å²) in [4.78, 5) is 16.6. The molecule has 33 heavy (non-hydrogen) atoms. The molecule has 1 saturated carbocycles. The Morgan fingerprint density at radius 2 is 1.94 bits per heavy atom. The third-order valence-electron chi connectivity index (χ3n) is 6.62. The van der Waals surface area contributed by atoms with E-state index < -0.39 is 31.8 Å². The minimum atomic E-state index is -3.72. The van der Waals surface area contributed by atoms with Gasteiger partial charge in [-0.05, 0) is 50.1 Å². The van der Waals surface area contributed by atoms with Crippen molar-refractivity contribution in [1.82, 2.24) is 10.3 Å². The van der Waals surface area contributed by atoms with E-state index in [1.54, 1.807) is 13.0 Å². The molecule has 2 aromatic rings. The van der Waals surface area contributed by atoms with E-state index in [-0.39, 0.29) is 22.8 Å². The summed E-state index contributed by atoms with van der Waals surface area (Å²) >= 11 is 0. The second-order valence-electron chi connectivity index (χ2n) is 8.88.